The van der Waals surface area contributed by atoms with Crippen molar-refractivity contribution in [3.63, 3.8) is 0 Å². The van der Waals surface area contributed by atoms with E-state index in [-0.39, 0.29) is 11.0 Å². The predicted molar refractivity (Wildman–Crippen MR) is 50.2 cm³/mol. The van der Waals surface area contributed by atoms with Gasteiger partial charge in [-0.3, -0.25) is 0 Å². The maximum Gasteiger partial charge on any atom is 0.335 e. The zero-order valence-electron chi connectivity index (χ0n) is 7.51. The smallest absolute Gasteiger partial charge is 0.335 e. The van der Waals surface area contributed by atoms with Gasteiger partial charge in [0.05, 0.1) is 5.56 Å². The van der Waals surface area contributed by atoms with Crippen LogP contribution in [0.5, 0.6) is 0 Å². The van der Waals surface area contributed by atoms with Crippen LogP contribution in [0.2, 0.25) is 0 Å². The molecule has 0 saturated heterocycles. The topological polar surface area (TPSA) is 123 Å². The number of nitrogens with zero attached hydrogens (tertiary/aromatic N) is 3. The lowest BCUT2D eigenvalue weighted by Gasteiger charge is -1.95. The Kier molecular flexibility index (Phi) is 3.09. The molecule has 0 unspecified atom stereocenters. The summed E-state index contributed by atoms with van der Waals surface area (Å²) in [7, 11) is 0. The van der Waals surface area contributed by atoms with Crippen LogP contribution in [0.25, 0.3) is 11.4 Å². The highest BCUT2D eigenvalue weighted by Crippen LogP contribution is 2.13. The number of tetrazole rings is 1. The molecule has 0 aliphatic heterocycles. The van der Waals surface area contributed by atoms with Crippen molar-refractivity contribution in [1.29, 1.82) is 0 Å². The van der Waals surface area contributed by atoms with Crippen LogP contribution >= 0.6 is 0 Å². The number of carboxylic acid groups (broad SMARTS) is 1. The molecule has 15 heavy (non-hydrogen) atoms. The standard InChI is InChI=1S/C8H6N4O2.H2O/c13-8(14)6-3-1-5(2-4-6)7-9-11-12-10-7;/h1-4H,(H,13,14)(H,9,10,11,12);1H2. The minimum Gasteiger partial charge on any atom is -0.478 e. The van der Waals surface area contributed by atoms with E-state index in [1.54, 1.807) is 12.1 Å². The highest BCUT2D eigenvalue weighted by Gasteiger charge is 2.05. The number of aromatic amines is 1. The van der Waals surface area contributed by atoms with Crippen molar-refractivity contribution in [2.75, 3.05) is 0 Å². The first kappa shape index (κ1) is 10.8. The summed E-state index contributed by atoms with van der Waals surface area (Å²) in [5.41, 5.74) is 0.959. The van der Waals surface area contributed by atoms with Gasteiger partial charge in [-0.25, -0.2) is 4.79 Å². The van der Waals surface area contributed by atoms with Gasteiger partial charge in [0.2, 0.25) is 5.82 Å². The van der Waals surface area contributed by atoms with E-state index in [0.29, 0.717) is 5.82 Å². The van der Waals surface area contributed by atoms with Gasteiger partial charge < -0.3 is 10.6 Å². The number of hydrogen-bond acceptors (Lipinski definition) is 4. The molecule has 0 aliphatic carbocycles. The van der Waals surface area contributed by atoms with E-state index in [1.165, 1.54) is 12.1 Å². The number of H-pyrrole nitrogens is 1. The first-order chi connectivity index (χ1) is 6.77. The van der Waals surface area contributed by atoms with Gasteiger partial charge in [0.1, 0.15) is 0 Å². The normalized spacial score (nSPS) is 9.33. The fourth-order valence-corrected chi connectivity index (χ4v) is 1.05. The van der Waals surface area contributed by atoms with Gasteiger partial charge in [-0.1, -0.05) is 12.1 Å². The summed E-state index contributed by atoms with van der Waals surface area (Å²) in [5, 5.41) is 21.9. The number of carbonyl (C=O) groups is 1. The molecule has 1 aromatic heterocycles. The van der Waals surface area contributed by atoms with Crippen molar-refractivity contribution in [2.24, 2.45) is 0 Å². The number of carboxylic acids is 1. The van der Waals surface area contributed by atoms with Gasteiger partial charge in [-0.05, 0) is 17.3 Å². The van der Waals surface area contributed by atoms with E-state index >= 15 is 0 Å². The van der Waals surface area contributed by atoms with Crippen molar-refractivity contribution in [3.8, 4) is 11.4 Å². The Labute approximate surface area is 84.1 Å². The average Bonchev–Trinajstić information content (AvgIpc) is 2.71. The number of hydrogen-bond donors (Lipinski definition) is 2. The van der Waals surface area contributed by atoms with Crippen LogP contribution in [0, 0.1) is 0 Å². The second-order valence-electron chi connectivity index (χ2n) is 2.62. The number of aromatic carboxylic acids is 1. The van der Waals surface area contributed by atoms with Crippen LogP contribution in [-0.2, 0) is 0 Å². The van der Waals surface area contributed by atoms with Crippen molar-refractivity contribution in [3.05, 3.63) is 29.8 Å². The summed E-state index contributed by atoms with van der Waals surface area (Å²) in [4.78, 5) is 10.5. The quantitative estimate of drug-likeness (QED) is 0.703. The molecule has 0 aliphatic rings. The predicted octanol–water partition coefficient (Wildman–Crippen LogP) is -0.260. The van der Waals surface area contributed by atoms with Gasteiger partial charge >= 0.3 is 5.97 Å². The molecule has 2 aromatic rings. The molecule has 0 saturated carbocycles. The molecule has 0 bridgehead atoms. The van der Waals surface area contributed by atoms with Crippen LogP contribution in [0.3, 0.4) is 0 Å². The molecule has 1 heterocycles. The summed E-state index contributed by atoms with van der Waals surface area (Å²) in [5.74, 6) is -0.508. The molecule has 78 valence electrons. The Morgan fingerprint density at radius 1 is 1.27 bits per heavy atom. The SMILES string of the molecule is O.O=C(O)c1ccc(-c2nn[nH]n2)cc1. The third-order valence-corrected chi connectivity index (χ3v) is 1.74. The van der Waals surface area contributed by atoms with Crippen molar-refractivity contribution in [1.82, 2.24) is 20.6 Å². The number of rotatable bonds is 2. The molecular formula is C8H8N4O3. The Bertz CT molecular complexity index is 437. The average molecular weight is 208 g/mol. The highest BCUT2D eigenvalue weighted by molar-refractivity contribution is 5.88. The molecule has 1 aromatic carbocycles. The molecule has 0 amide bonds. The van der Waals surface area contributed by atoms with E-state index in [1.807, 2.05) is 0 Å². The summed E-state index contributed by atoms with van der Waals surface area (Å²) >= 11 is 0. The Hall–Kier alpha value is -2.28. The molecule has 7 heteroatoms. The van der Waals surface area contributed by atoms with Gasteiger partial charge in [0.25, 0.3) is 0 Å². The fraction of sp³-hybridized carbons (Fsp3) is 0. The Morgan fingerprint density at radius 2 is 1.93 bits per heavy atom. The van der Waals surface area contributed by atoms with E-state index in [9.17, 15) is 4.79 Å². The summed E-state index contributed by atoms with van der Waals surface area (Å²) < 4.78 is 0. The molecule has 0 fully saturated rings. The zero-order chi connectivity index (χ0) is 9.97. The van der Waals surface area contributed by atoms with Crippen LogP contribution in [-0.4, -0.2) is 37.2 Å². The van der Waals surface area contributed by atoms with Crippen LogP contribution < -0.4 is 0 Å². The monoisotopic (exact) mass is 208 g/mol. The first-order valence-corrected chi connectivity index (χ1v) is 3.84. The number of aromatic nitrogens is 4. The molecule has 0 atom stereocenters. The van der Waals surface area contributed by atoms with E-state index in [0.717, 1.165) is 5.56 Å². The largest absolute Gasteiger partial charge is 0.478 e. The Morgan fingerprint density at radius 3 is 2.40 bits per heavy atom. The van der Waals surface area contributed by atoms with Crippen LogP contribution in [0.4, 0.5) is 0 Å². The molecular weight excluding hydrogens is 200 g/mol. The minimum absolute atomic E-state index is 0. The third-order valence-electron chi connectivity index (χ3n) is 1.74. The Balaban J connectivity index is 0.00000112. The summed E-state index contributed by atoms with van der Waals surface area (Å²) in [6, 6.07) is 6.25. The second-order valence-corrected chi connectivity index (χ2v) is 2.62. The lowest BCUT2D eigenvalue weighted by molar-refractivity contribution is 0.0697. The summed E-state index contributed by atoms with van der Waals surface area (Å²) in [6.45, 7) is 0. The van der Waals surface area contributed by atoms with Crippen molar-refractivity contribution < 1.29 is 15.4 Å². The lowest BCUT2D eigenvalue weighted by atomic mass is 10.1. The van der Waals surface area contributed by atoms with Gasteiger partial charge in [-0.15, -0.1) is 10.2 Å². The maximum atomic E-state index is 10.5. The molecule has 7 nitrogen and oxygen atoms in total. The van der Waals surface area contributed by atoms with E-state index in [2.05, 4.69) is 20.6 Å². The summed E-state index contributed by atoms with van der Waals surface area (Å²) in [6.07, 6.45) is 0. The van der Waals surface area contributed by atoms with E-state index < -0.39 is 5.97 Å². The maximum absolute atomic E-state index is 10.5. The van der Waals surface area contributed by atoms with Gasteiger partial charge in [0.15, 0.2) is 0 Å². The number of benzene rings is 1. The van der Waals surface area contributed by atoms with Crippen LogP contribution in [0.1, 0.15) is 10.4 Å². The molecule has 0 spiro atoms. The van der Waals surface area contributed by atoms with Crippen molar-refractivity contribution in [2.45, 2.75) is 0 Å². The van der Waals surface area contributed by atoms with Gasteiger partial charge in [-0.2, -0.15) is 5.21 Å². The molecule has 4 N–H and O–H groups in total. The molecule has 0 radical (unpaired) electrons. The first-order valence-electron chi connectivity index (χ1n) is 3.84. The number of nitrogens with one attached hydrogen (secondary N) is 1. The highest BCUT2D eigenvalue weighted by atomic mass is 16.4. The fourth-order valence-electron chi connectivity index (χ4n) is 1.05. The van der Waals surface area contributed by atoms with Crippen molar-refractivity contribution >= 4 is 5.97 Å². The third kappa shape index (κ3) is 2.15. The molecule has 2 rings (SSSR count). The second kappa shape index (κ2) is 4.29. The minimum atomic E-state index is -0.954. The lowest BCUT2D eigenvalue weighted by Crippen LogP contribution is -1.95. The zero-order valence-corrected chi connectivity index (χ0v) is 7.51. The van der Waals surface area contributed by atoms with E-state index in [4.69, 9.17) is 5.11 Å². The van der Waals surface area contributed by atoms with Crippen LogP contribution in [0.15, 0.2) is 24.3 Å². The van der Waals surface area contributed by atoms with Gasteiger partial charge in [0, 0.05) is 5.56 Å².